The number of aliphatic hydroxyl groups excluding tert-OH is 1. The Morgan fingerprint density at radius 1 is 1.08 bits per heavy atom. The van der Waals surface area contributed by atoms with Crippen LogP contribution in [0, 0.1) is 34.5 Å². The number of carbonyl (C=O) groups is 2. The molecule has 12 atom stereocenters. The predicted molar refractivity (Wildman–Crippen MR) is 131 cm³/mol. The molecular formula is C29H42O7. The number of ketones is 1. The molecule has 6 rings (SSSR count). The number of aliphatic hydroxyl groups is 2. The quantitative estimate of drug-likeness (QED) is 0.450. The molecule has 200 valence electrons. The zero-order chi connectivity index (χ0) is 26.0. The van der Waals surface area contributed by atoms with Crippen molar-refractivity contribution in [2.75, 3.05) is 7.11 Å². The van der Waals surface area contributed by atoms with Gasteiger partial charge in [-0.3, -0.25) is 4.79 Å². The van der Waals surface area contributed by atoms with Gasteiger partial charge in [-0.15, -0.1) is 0 Å². The molecule has 1 saturated heterocycles. The van der Waals surface area contributed by atoms with E-state index in [9.17, 15) is 19.8 Å². The number of hydrogen-bond acceptors (Lipinski definition) is 7. The summed E-state index contributed by atoms with van der Waals surface area (Å²) >= 11 is 0. The fourth-order valence-electron chi connectivity index (χ4n) is 10.0. The lowest BCUT2D eigenvalue weighted by Crippen LogP contribution is -2.68. The van der Waals surface area contributed by atoms with E-state index in [0.29, 0.717) is 18.4 Å². The summed E-state index contributed by atoms with van der Waals surface area (Å²) in [5.41, 5.74) is -1.13. The summed E-state index contributed by atoms with van der Waals surface area (Å²) in [6.45, 7) is 10.1. The molecule has 0 bridgehead atoms. The van der Waals surface area contributed by atoms with Crippen LogP contribution in [-0.4, -0.2) is 64.7 Å². The van der Waals surface area contributed by atoms with Gasteiger partial charge in [0, 0.05) is 31.4 Å². The van der Waals surface area contributed by atoms with Gasteiger partial charge in [0.15, 0.2) is 0 Å². The molecule has 36 heavy (non-hydrogen) atoms. The number of ether oxygens (including phenoxy) is 3. The number of methoxy groups -OCH3 is 1. The van der Waals surface area contributed by atoms with Gasteiger partial charge in [0.2, 0.25) is 0 Å². The van der Waals surface area contributed by atoms with E-state index in [2.05, 4.69) is 13.8 Å². The van der Waals surface area contributed by atoms with Crippen LogP contribution in [-0.2, 0) is 23.8 Å². The average Bonchev–Trinajstić information content (AvgIpc) is 3.51. The van der Waals surface area contributed by atoms with Crippen molar-refractivity contribution in [3.63, 3.8) is 0 Å². The highest BCUT2D eigenvalue weighted by Gasteiger charge is 2.82. The first kappa shape index (κ1) is 25.0. The standard InChI is InChI=1S/C29H42O7/c1-14-11-20(35-25(32)15(14)2)16(3)28(33)10-8-18-17-12-23-29(36-23)24(31)21(34-6)13-22(30)27(29,5)19(17)7-9-26(18,28)4/h16-21,23-24,31,33H,7-13H2,1-6H3/t16-,17+,18+,19+,20-,21+,23-,24+,26+,27+,28+,29+/m1/s1. The Morgan fingerprint density at radius 3 is 2.44 bits per heavy atom. The lowest BCUT2D eigenvalue weighted by molar-refractivity contribution is -0.199. The van der Waals surface area contributed by atoms with Crippen LogP contribution in [0.5, 0.6) is 0 Å². The van der Waals surface area contributed by atoms with E-state index in [-0.39, 0.29) is 59.5 Å². The summed E-state index contributed by atoms with van der Waals surface area (Å²) in [4.78, 5) is 26.1. The summed E-state index contributed by atoms with van der Waals surface area (Å²) in [6.07, 6.45) is 3.09. The Balaban J connectivity index is 1.31. The van der Waals surface area contributed by atoms with Gasteiger partial charge in [-0.05, 0) is 76.0 Å². The van der Waals surface area contributed by atoms with E-state index in [1.54, 1.807) is 7.11 Å². The molecule has 0 amide bonds. The SMILES string of the molecule is CO[C@H]1CC(=O)[C@]2(C)[C@H]3CC[C@@]4(C)[C@@H](CC[C@]4(O)[C@H](C)[C@H]4CC(C)=C(C)C(=O)O4)[C@@H]3C[C@H]3O[C@]32[C@H]1O. The minimum absolute atomic E-state index is 0.118. The van der Waals surface area contributed by atoms with Crippen LogP contribution in [0.3, 0.4) is 0 Å². The Morgan fingerprint density at radius 2 is 1.78 bits per heavy atom. The fourth-order valence-corrected chi connectivity index (χ4v) is 10.0. The van der Waals surface area contributed by atoms with E-state index in [1.807, 2.05) is 20.8 Å². The summed E-state index contributed by atoms with van der Waals surface area (Å²) in [5, 5.41) is 23.6. The average molecular weight is 503 g/mol. The lowest BCUT2D eigenvalue weighted by atomic mass is 9.43. The highest BCUT2D eigenvalue weighted by Crippen LogP contribution is 2.74. The van der Waals surface area contributed by atoms with Crippen LogP contribution in [0.15, 0.2) is 11.1 Å². The van der Waals surface area contributed by atoms with Crippen molar-refractivity contribution in [1.29, 1.82) is 0 Å². The Bertz CT molecular complexity index is 1040. The van der Waals surface area contributed by atoms with Gasteiger partial charge in [-0.1, -0.05) is 19.4 Å². The van der Waals surface area contributed by atoms with Gasteiger partial charge in [0.1, 0.15) is 23.6 Å². The first-order chi connectivity index (χ1) is 16.9. The highest BCUT2D eigenvalue weighted by molar-refractivity contribution is 5.90. The van der Waals surface area contributed by atoms with E-state index < -0.39 is 28.8 Å². The molecule has 0 aromatic heterocycles. The zero-order valence-corrected chi connectivity index (χ0v) is 22.5. The smallest absolute Gasteiger partial charge is 0.333 e. The van der Waals surface area contributed by atoms with Gasteiger partial charge in [0.25, 0.3) is 0 Å². The Hall–Kier alpha value is -1.28. The molecule has 0 aromatic carbocycles. The number of Topliss-reactive ketones (excluding diaryl/α,β-unsaturated/α-hetero) is 1. The molecule has 4 aliphatic carbocycles. The van der Waals surface area contributed by atoms with Crippen LogP contribution in [0.1, 0.15) is 79.6 Å². The van der Waals surface area contributed by atoms with Crippen LogP contribution < -0.4 is 0 Å². The number of carbonyl (C=O) groups excluding carboxylic acids is 2. The molecule has 6 aliphatic rings. The van der Waals surface area contributed by atoms with Crippen molar-refractivity contribution in [2.45, 2.75) is 115 Å². The van der Waals surface area contributed by atoms with Crippen LogP contribution in [0.4, 0.5) is 0 Å². The number of fused-ring (bicyclic) bond motifs is 4. The Labute approximate surface area is 213 Å². The van der Waals surface area contributed by atoms with E-state index in [4.69, 9.17) is 14.2 Å². The molecule has 2 heterocycles. The molecule has 5 fully saturated rings. The molecule has 7 heteroatoms. The maximum atomic E-state index is 13.7. The topological polar surface area (TPSA) is 106 Å². The fraction of sp³-hybridized carbons (Fsp3) is 0.862. The van der Waals surface area contributed by atoms with Crippen LogP contribution >= 0.6 is 0 Å². The van der Waals surface area contributed by atoms with Crippen molar-refractivity contribution >= 4 is 11.8 Å². The van der Waals surface area contributed by atoms with Crippen molar-refractivity contribution < 1.29 is 34.0 Å². The minimum atomic E-state index is -0.948. The number of rotatable bonds is 3. The molecule has 0 unspecified atom stereocenters. The van der Waals surface area contributed by atoms with E-state index in [1.165, 1.54) is 0 Å². The normalized spacial score (nSPS) is 54.7. The second kappa shape index (κ2) is 7.64. The molecular weight excluding hydrogens is 460 g/mol. The number of hydrogen-bond donors (Lipinski definition) is 2. The monoisotopic (exact) mass is 502 g/mol. The van der Waals surface area contributed by atoms with Crippen molar-refractivity contribution in [3.8, 4) is 0 Å². The number of esters is 1. The third kappa shape index (κ3) is 2.73. The highest BCUT2D eigenvalue weighted by atomic mass is 16.6. The first-order valence-corrected chi connectivity index (χ1v) is 13.9. The van der Waals surface area contributed by atoms with Crippen LogP contribution in [0.2, 0.25) is 0 Å². The van der Waals surface area contributed by atoms with Crippen molar-refractivity contribution in [3.05, 3.63) is 11.1 Å². The first-order valence-electron chi connectivity index (χ1n) is 13.9. The molecule has 2 aliphatic heterocycles. The maximum absolute atomic E-state index is 13.7. The van der Waals surface area contributed by atoms with Crippen molar-refractivity contribution in [1.82, 2.24) is 0 Å². The number of cyclic esters (lactones) is 1. The van der Waals surface area contributed by atoms with Gasteiger partial charge >= 0.3 is 5.97 Å². The number of epoxide rings is 1. The van der Waals surface area contributed by atoms with Crippen LogP contribution in [0.25, 0.3) is 0 Å². The van der Waals surface area contributed by atoms with Gasteiger partial charge < -0.3 is 24.4 Å². The zero-order valence-electron chi connectivity index (χ0n) is 22.5. The summed E-state index contributed by atoms with van der Waals surface area (Å²) < 4.78 is 17.6. The molecule has 7 nitrogen and oxygen atoms in total. The van der Waals surface area contributed by atoms with Gasteiger partial charge in [-0.2, -0.15) is 0 Å². The Kier molecular flexibility index (Phi) is 5.31. The minimum Gasteiger partial charge on any atom is -0.458 e. The van der Waals surface area contributed by atoms with E-state index in [0.717, 1.165) is 31.3 Å². The largest absolute Gasteiger partial charge is 0.458 e. The second-order valence-corrected chi connectivity index (χ2v) is 13.3. The summed E-state index contributed by atoms with van der Waals surface area (Å²) in [5.74, 6) is 0.316. The lowest BCUT2D eigenvalue weighted by Gasteiger charge is -2.60. The van der Waals surface area contributed by atoms with E-state index >= 15 is 0 Å². The third-order valence-corrected chi connectivity index (χ3v) is 12.5. The summed E-state index contributed by atoms with van der Waals surface area (Å²) in [7, 11) is 1.55. The summed E-state index contributed by atoms with van der Waals surface area (Å²) in [6, 6.07) is 0. The third-order valence-electron chi connectivity index (χ3n) is 12.5. The predicted octanol–water partition coefficient (Wildman–Crippen LogP) is 3.34. The molecule has 0 aromatic rings. The second-order valence-electron chi connectivity index (χ2n) is 13.3. The molecule has 2 N–H and O–H groups in total. The molecule has 0 radical (unpaired) electrons. The maximum Gasteiger partial charge on any atom is 0.333 e. The van der Waals surface area contributed by atoms with Gasteiger partial charge in [0.05, 0.1) is 23.2 Å². The molecule has 4 saturated carbocycles. The van der Waals surface area contributed by atoms with Gasteiger partial charge in [-0.25, -0.2) is 4.79 Å². The van der Waals surface area contributed by atoms with Crippen molar-refractivity contribution in [2.24, 2.45) is 34.5 Å². The molecule has 1 spiro atoms.